The zero-order valence-corrected chi connectivity index (χ0v) is 10.9. The molecule has 0 radical (unpaired) electrons. The molecule has 0 saturated carbocycles. The summed E-state index contributed by atoms with van der Waals surface area (Å²) in [4.78, 5) is 14.6. The van der Waals surface area contributed by atoms with Gasteiger partial charge < -0.3 is 4.98 Å². The van der Waals surface area contributed by atoms with E-state index in [2.05, 4.69) is 25.8 Å². The standard InChI is InChI=1S/C13H15ClN2O/c1-13(2,3)11-8-15-12(17)16(11)10-7-5-4-6-9(10)14/h4-8H,1-3H3,(H,15,17). The first kappa shape index (κ1) is 12.0. The Kier molecular flexibility index (Phi) is 2.87. The highest BCUT2D eigenvalue weighted by Gasteiger charge is 2.21. The van der Waals surface area contributed by atoms with Gasteiger partial charge in [-0.2, -0.15) is 0 Å². The molecule has 17 heavy (non-hydrogen) atoms. The smallest absolute Gasteiger partial charge is 0.312 e. The van der Waals surface area contributed by atoms with Crippen LogP contribution in [0.3, 0.4) is 0 Å². The number of benzene rings is 1. The van der Waals surface area contributed by atoms with Crippen LogP contribution in [0.25, 0.3) is 5.69 Å². The van der Waals surface area contributed by atoms with Crippen molar-refractivity contribution in [3.05, 3.63) is 51.7 Å². The first-order chi connectivity index (χ1) is 7.91. The quantitative estimate of drug-likeness (QED) is 0.830. The van der Waals surface area contributed by atoms with E-state index < -0.39 is 0 Å². The Labute approximate surface area is 105 Å². The van der Waals surface area contributed by atoms with Crippen molar-refractivity contribution in [3.63, 3.8) is 0 Å². The van der Waals surface area contributed by atoms with E-state index in [0.717, 1.165) is 5.69 Å². The third-order valence-electron chi connectivity index (χ3n) is 2.64. The fourth-order valence-corrected chi connectivity index (χ4v) is 2.01. The number of H-pyrrole nitrogens is 1. The molecule has 0 saturated heterocycles. The Balaban J connectivity index is 2.73. The Morgan fingerprint density at radius 3 is 2.47 bits per heavy atom. The number of para-hydroxylation sites is 1. The van der Waals surface area contributed by atoms with Crippen molar-refractivity contribution in [1.29, 1.82) is 0 Å². The Morgan fingerprint density at radius 1 is 1.24 bits per heavy atom. The molecule has 0 amide bonds. The number of nitrogens with one attached hydrogen (secondary N) is 1. The fraction of sp³-hybridized carbons (Fsp3) is 0.308. The van der Waals surface area contributed by atoms with Crippen LogP contribution in [0.4, 0.5) is 0 Å². The summed E-state index contributed by atoms with van der Waals surface area (Å²) in [7, 11) is 0. The van der Waals surface area contributed by atoms with Gasteiger partial charge in [0.1, 0.15) is 0 Å². The van der Waals surface area contributed by atoms with Crippen molar-refractivity contribution in [3.8, 4) is 5.69 Å². The topological polar surface area (TPSA) is 37.8 Å². The van der Waals surface area contributed by atoms with E-state index in [4.69, 9.17) is 11.6 Å². The van der Waals surface area contributed by atoms with E-state index in [1.54, 1.807) is 16.8 Å². The lowest BCUT2D eigenvalue weighted by Crippen LogP contribution is -2.23. The van der Waals surface area contributed by atoms with Gasteiger partial charge in [0.15, 0.2) is 0 Å². The van der Waals surface area contributed by atoms with E-state index in [0.29, 0.717) is 10.7 Å². The van der Waals surface area contributed by atoms with Crippen molar-refractivity contribution in [2.24, 2.45) is 0 Å². The maximum atomic E-state index is 11.9. The molecule has 1 N–H and O–H groups in total. The van der Waals surface area contributed by atoms with Crippen LogP contribution in [0, 0.1) is 0 Å². The molecule has 0 bridgehead atoms. The SMILES string of the molecule is CC(C)(C)c1c[nH]c(=O)n1-c1ccccc1Cl. The van der Waals surface area contributed by atoms with Gasteiger partial charge in [0, 0.05) is 17.3 Å². The number of halogens is 1. The summed E-state index contributed by atoms with van der Waals surface area (Å²) in [6, 6.07) is 7.34. The lowest BCUT2D eigenvalue weighted by atomic mass is 9.92. The average Bonchev–Trinajstić information content (AvgIpc) is 2.60. The Hall–Kier alpha value is -1.48. The lowest BCUT2D eigenvalue weighted by molar-refractivity contribution is 0.554. The number of imidazole rings is 1. The van der Waals surface area contributed by atoms with Crippen molar-refractivity contribution in [2.45, 2.75) is 26.2 Å². The molecule has 0 aliphatic rings. The van der Waals surface area contributed by atoms with Crippen molar-refractivity contribution in [1.82, 2.24) is 9.55 Å². The van der Waals surface area contributed by atoms with Gasteiger partial charge in [-0.15, -0.1) is 0 Å². The minimum absolute atomic E-state index is 0.127. The molecule has 1 aromatic heterocycles. The molecular weight excluding hydrogens is 236 g/mol. The molecule has 1 aromatic carbocycles. The Morgan fingerprint density at radius 2 is 1.88 bits per heavy atom. The molecule has 3 nitrogen and oxygen atoms in total. The third kappa shape index (κ3) is 2.15. The van der Waals surface area contributed by atoms with E-state index >= 15 is 0 Å². The molecule has 0 unspecified atom stereocenters. The second-order valence-corrected chi connectivity index (χ2v) is 5.42. The zero-order valence-electron chi connectivity index (χ0n) is 10.1. The van der Waals surface area contributed by atoms with E-state index in [1.807, 2.05) is 18.2 Å². The van der Waals surface area contributed by atoms with Gasteiger partial charge in [0.05, 0.1) is 10.7 Å². The largest absolute Gasteiger partial charge is 0.330 e. The summed E-state index contributed by atoms with van der Waals surface area (Å²) < 4.78 is 1.63. The second-order valence-electron chi connectivity index (χ2n) is 5.02. The molecule has 1 heterocycles. The minimum atomic E-state index is -0.164. The van der Waals surface area contributed by atoms with Crippen LogP contribution >= 0.6 is 11.6 Å². The highest BCUT2D eigenvalue weighted by molar-refractivity contribution is 6.32. The summed E-state index contributed by atoms with van der Waals surface area (Å²) in [6.45, 7) is 6.18. The van der Waals surface area contributed by atoms with Crippen molar-refractivity contribution >= 4 is 11.6 Å². The molecule has 0 aliphatic heterocycles. The van der Waals surface area contributed by atoms with Gasteiger partial charge in [-0.3, -0.25) is 4.57 Å². The van der Waals surface area contributed by atoms with E-state index in [1.165, 1.54) is 0 Å². The number of aromatic nitrogens is 2. The highest BCUT2D eigenvalue weighted by atomic mass is 35.5. The van der Waals surface area contributed by atoms with Gasteiger partial charge >= 0.3 is 5.69 Å². The molecule has 0 fully saturated rings. The van der Waals surface area contributed by atoms with Crippen LogP contribution < -0.4 is 5.69 Å². The van der Waals surface area contributed by atoms with Crippen LogP contribution in [0.1, 0.15) is 26.5 Å². The summed E-state index contributed by atoms with van der Waals surface area (Å²) in [6.07, 6.45) is 1.74. The maximum absolute atomic E-state index is 11.9. The van der Waals surface area contributed by atoms with Crippen molar-refractivity contribution in [2.75, 3.05) is 0 Å². The Bertz CT molecular complexity index is 590. The predicted octanol–water partition coefficient (Wildman–Crippen LogP) is 3.12. The number of hydrogen-bond acceptors (Lipinski definition) is 1. The van der Waals surface area contributed by atoms with Gasteiger partial charge in [-0.25, -0.2) is 4.79 Å². The zero-order chi connectivity index (χ0) is 12.6. The summed E-state index contributed by atoms with van der Waals surface area (Å²) >= 11 is 6.14. The molecule has 2 aromatic rings. The normalized spacial score (nSPS) is 11.8. The van der Waals surface area contributed by atoms with Gasteiger partial charge in [0.2, 0.25) is 0 Å². The number of rotatable bonds is 1. The third-order valence-corrected chi connectivity index (χ3v) is 2.96. The minimum Gasteiger partial charge on any atom is -0.312 e. The molecule has 0 aliphatic carbocycles. The molecule has 2 rings (SSSR count). The van der Waals surface area contributed by atoms with Crippen LogP contribution in [0.15, 0.2) is 35.3 Å². The van der Waals surface area contributed by atoms with E-state index in [-0.39, 0.29) is 11.1 Å². The molecule has 0 spiro atoms. The van der Waals surface area contributed by atoms with Gasteiger partial charge in [-0.05, 0) is 12.1 Å². The lowest BCUT2D eigenvalue weighted by Gasteiger charge is -2.20. The number of aromatic amines is 1. The molecule has 4 heteroatoms. The van der Waals surface area contributed by atoms with Crippen LogP contribution in [-0.2, 0) is 5.41 Å². The molecule has 0 atom stereocenters. The summed E-state index contributed by atoms with van der Waals surface area (Å²) in [5, 5.41) is 0.569. The first-order valence-corrected chi connectivity index (χ1v) is 5.85. The van der Waals surface area contributed by atoms with Crippen LogP contribution in [0.5, 0.6) is 0 Å². The highest BCUT2D eigenvalue weighted by Crippen LogP contribution is 2.26. The maximum Gasteiger partial charge on any atom is 0.330 e. The van der Waals surface area contributed by atoms with Gasteiger partial charge in [-0.1, -0.05) is 44.5 Å². The average molecular weight is 251 g/mol. The second kappa shape index (κ2) is 4.08. The number of nitrogens with zero attached hydrogens (tertiary/aromatic N) is 1. The van der Waals surface area contributed by atoms with Crippen LogP contribution in [-0.4, -0.2) is 9.55 Å². The van der Waals surface area contributed by atoms with Gasteiger partial charge in [0.25, 0.3) is 0 Å². The fourth-order valence-electron chi connectivity index (χ4n) is 1.79. The van der Waals surface area contributed by atoms with E-state index in [9.17, 15) is 4.79 Å². The first-order valence-electron chi connectivity index (χ1n) is 5.47. The summed E-state index contributed by atoms with van der Waals surface area (Å²) in [5.41, 5.74) is 1.34. The number of hydrogen-bond donors (Lipinski definition) is 1. The monoisotopic (exact) mass is 250 g/mol. The van der Waals surface area contributed by atoms with Crippen LogP contribution in [0.2, 0.25) is 5.02 Å². The molecule has 90 valence electrons. The molecular formula is C13H15ClN2O. The summed E-state index contributed by atoms with van der Waals surface area (Å²) in [5.74, 6) is 0. The predicted molar refractivity (Wildman–Crippen MR) is 70.1 cm³/mol. The van der Waals surface area contributed by atoms with Crippen molar-refractivity contribution < 1.29 is 0 Å².